The maximum Gasteiger partial charge on any atom is 0.260 e. The molecule has 6 nitrogen and oxygen atoms in total. The van der Waals surface area contributed by atoms with Crippen molar-refractivity contribution < 1.29 is 14.6 Å². The number of aryl methyl sites for hydroxylation is 1. The molecule has 1 aromatic carbocycles. The van der Waals surface area contributed by atoms with Crippen molar-refractivity contribution in [1.29, 1.82) is 0 Å². The molecule has 130 valence electrons. The van der Waals surface area contributed by atoms with Gasteiger partial charge in [0.1, 0.15) is 0 Å². The number of carbonyl (C=O) groups excluding carboxylic acids is 1. The summed E-state index contributed by atoms with van der Waals surface area (Å²) in [6.07, 6.45) is 3.79. The second-order valence-corrected chi connectivity index (χ2v) is 5.80. The fourth-order valence-corrected chi connectivity index (χ4v) is 2.67. The number of carbonyl (C=O) groups is 1. The first kappa shape index (κ1) is 17.0. The van der Waals surface area contributed by atoms with Gasteiger partial charge >= 0.3 is 0 Å². The maximum atomic E-state index is 12.5. The number of hydrogen-bond acceptors (Lipinski definition) is 4. The van der Waals surface area contributed by atoms with Crippen LogP contribution in [0.15, 0.2) is 54.9 Å². The Morgan fingerprint density at radius 3 is 2.80 bits per heavy atom. The number of hydrogen-bond donors (Lipinski definition) is 1. The molecular weight excluding hydrogens is 318 g/mol. The highest BCUT2D eigenvalue weighted by molar-refractivity contribution is 5.78. The van der Waals surface area contributed by atoms with Crippen LogP contribution in [-0.2, 0) is 11.3 Å². The van der Waals surface area contributed by atoms with Gasteiger partial charge in [-0.2, -0.15) is 0 Å². The number of pyridine rings is 1. The maximum absolute atomic E-state index is 12.5. The molecule has 0 bridgehead atoms. The van der Waals surface area contributed by atoms with Crippen LogP contribution in [0.4, 0.5) is 0 Å². The van der Waals surface area contributed by atoms with Gasteiger partial charge in [0.2, 0.25) is 0 Å². The Bertz CT molecular complexity index is 846. The molecule has 1 N–H and O–H groups in total. The first-order valence-electron chi connectivity index (χ1n) is 8.17. The molecule has 3 rings (SSSR count). The average Bonchev–Trinajstić information content (AvgIpc) is 3.01. The van der Waals surface area contributed by atoms with Crippen molar-refractivity contribution in [1.82, 2.24) is 14.3 Å². The Labute approximate surface area is 146 Å². The molecule has 0 unspecified atom stereocenters. The molecule has 0 radical (unpaired) electrons. The smallest absolute Gasteiger partial charge is 0.260 e. The van der Waals surface area contributed by atoms with E-state index < -0.39 is 0 Å². The summed E-state index contributed by atoms with van der Waals surface area (Å²) in [6.45, 7) is 2.43. The first-order valence-corrected chi connectivity index (χ1v) is 8.17. The summed E-state index contributed by atoms with van der Waals surface area (Å²) in [7, 11) is 0. The number of aliphatic hydroxyl groups is 1. The summed E-state index contributed by atoms with van der Waals surface area (Å²) in [5.74, 6) is 0.385. The van der Waals surface area contributed by atoms with Gasteiger partial charge in [0.15, 0.2) is 18.0 Å². The van der Waals surface area contributed by atoms with Crippen molar-refractivity contribution in [2.75, 3.05) is 19.8 Å². The lowest BCUT2D eigenvalue weighted by Crippen LogP contribution is -2.36. The molecule has 2 aromatic heterocycles. The van der Waals surface area contributed by atoms with Gasteiger partial charge in [-0.3, -0.25) is 4.79 Å². The van der Waals surface area contributed by atoms with E-state index in [1.54, 1.807) is 11.0 Å². The molecule has 0 atom stereocenters. The number of imidazole rings is 1. The van der Waals surface area contributed by atoms with Gasteiger partial charge < -0.3 is 19.1 Å². The van der Waals surface area contributed by atoms with Crippen LogP contribution < -0.4 is 4.74 Å². The monoisotopic (exact) mass is 339 g/mol. The molecule has 2 heterocycles. The zero-order valence-electron chi connectivity index (χ0n) is 14.1. The van der Waals surface area contributed by atoms with Crippen LogP contribution >= 0.6 is 0 Å². The van der Waals surface area contributed by atoms with Crippen LogP contribution in [-0.4, -0.2) is 45.1 Å². The zero-order chi connectivity index (χ0) is 17.6. The normalized spacial score (nSPS) is 10.8. The fourth-order valence-electron chi connectivity index (χ4n) is 2.67. The van der Waals surface area contributed by atoms with Gasteiger partial charge in [0, 0.05) is 25.5 Å². The molecular formula is C19H21N3O3. The SMILES string of the molecule is Cc1cn2cccc(OCC(=O)N(CCO)Cc3ccccc3)c2n1. The average molecular weight is 339 g/mol. The highest BCUT2D eigenvalue weighted by atomic mass is 16.5. The second kappa shape index (κ2) is 7.81. The Kier molecular flexibility index (Phi) is 5.30. The van der Waals surface area contributed by atoms with Crippen LogP contribution in [0, 0.1) is 6.92 Å². The van der Waals surface area contributed by atoms with Gasteiger partial charge in [-0.15, -0.1) is 0 Å². The molecule has 3 aromatic rings. The van der Waals surface area contributed by atoms with Gasteiger partial charge in [-0.1, -0.05) is 30.3 Å². The molecule has 0 fully saturated rings. The number of aromatic nitrogens is 2. The third-order valence-corrected chi connectivity index (χ3v) is 3.86. The lowest BCUT2D eigenvalue weighted by molar-refractivity contribution is -0.134. The van der Waals surface area contributed by atoms with Crippen molar-refractivity contribution in [3.05, 3.63) is 66.1 Å². The minimum absolute atomic E-state index is 0.0897. The van der Waals surface area contributed by atoms with E-state index in [9.17, 15) is 9.90 Å². The summed E-state index contributed by atoms with van der Waals surface area (Å²) in [5.41, 5.74) is 2.58. The van der Waals surface area contributed by atoms with Crippen molar-refractivity contribution >= 4 is 11.6 Å². The predicted octanol–water partition coefficient (Wildman–Crippen LogP) is 2.04. The summed E-state index contributed by atoms with van der Waals surface area (Å²) < 4.78 is 7.57. The Balaban J connectivity index is 1.68. The molecule has 0 aliphatic heterocycles. The zero-order valence-corrected chi connectivity index (χ0v) is 14.1. The number of aliphatic hydroxyl groups excluding tert-OH is 1. The highest BCUT2D eigenvalue weighted by Gasteiger charge is 2.15. The molecule has 0 aliphatic carbocycles. The van der Waals surface area contributed by atoms with Crippen LogP contribution in [0.1, 0.15) is 11.3 Å². The summed E-state index contributed by atoms with van der Waals surface area (Å²) >= 11 is 0. The van der Waals surface area contributed by atoms with E-state index in [2.05, 4.69) is 4.98 Å². The standard InChI is InChI=1S/C19H21N3O3/c1-15-12-22-9-5-8-17(19(22)20-15)25-14-18(24)21(10-11-23)13-16-6-3-2-4-7-16/h2-9,12,23H,10-11,13-14H2,1H3. The van der Waals surface area contributed by atoms with Crippen molar-refractivity contribution in [2.45, 2.75) is 13.5 Å². The van der Waals surface area contributed by atoms with E-state index in [4.69, 9.17) is 4.74 Å². The number of benzene rings is 1. The predicted molar refractivity (Wildman–Crippen MR) is 94.4 cm³/mol. The molecule has 0 spiro atoms. The second-order valence-electron chi connectivity index (χ2n) is 5.80. The number of nitrogens with zero attached hydrogens (tertiary/aromatic N) is 3. The topological polar surface area (TPSA) is 67.1 Å². The van der Waals surface area contributed by atoms with Crippen molar-refractivity contribution in [3.63, 3.8) is 0 Å². The number of amides is 1. The minimum atomic E-state index is -0.178. The molecule has 0 saturated carbocycles. The molecule has 1 amide bonds. The van der Waals surface area contributed by atoms with Gasteiger partial charge in [-0.05, 0) is 24.6 Å². The number of rotatable bonds is 7. The van der Waals surface area contributed by atoms with Crippen molar-refractivity contribution in [3.8, 4) is 5.75 Å². The third-order valence-electron chi connectivity index (χ3n) is 3.86. The number of fused-ring (bicyclic) bond motifs is 1. The Morgan fingerprint density at radius 1 is 1.24 bits per heavy atom. The van der Waals surface area contributed by atoms with E-state index in [1.165, 1.54) is 0 Å². The summed E-state index contributed by atoms with van der Waals surface area (Å²) in [6, 6.07) is 13.3. The third kappa shape index (κ3) is 4.16. The largest absolute Gasteiger partial charge is 0.480 e. The number of ether oxygens (including phenoxy) is 1. The summed E-state index contributed by atoms with van der Waals surface area (Å²) in [4.78, 5) is 18.5. The lowest BCUT2D eigenvalue weighted by atomic mass is 10.2. The summed E-state index contributed by atoms with van der Waals surface area (Å²) in [5, 5.41) is 9.24. The molecule has 6 heteroatoms. The lowest BCUT2D eigenvalue weighted by Gasteiger charge is -2.22. The molecule has 0 aliphatic rings. The highest BCUT2D eigenvalue weighted by Crippen LogP contribution is 2.19. The van der Waals surface area contributed by atoms with Gasteiger partial charge in [0.05, 0.1) is 12.3 Å². The van der Waals surface area contributed by atoms with Crippen molar-refractivity contribution in [2.24, 2.45) is 0 Å². The van der Waals surface area contributed by atoms with Crippen LogP contribution in [0.25, 0.3) is 5.65 Å². The van der Waals surface area contributed by atoms with E-state index in [0.29, 0.717) is 17.9 Å². The van der Waals surface area contributed by atoms with Gasteiger partial charge in [-0.25, -0.2) is 4.98 Å². The fraction of sp³-hybridized carbons (Fsp3) is 0.263. The van der Waals surface area contributed by atoms with E-state index in [1.807, 2.05) is 60.1 Å². The molecule has 25 heavy (non-hydrogen) atoms. The van der Waals surface area contributed by atoms with Gasteiger partial charge in [0.25, 0.3) is 5.91 Å². The van der Waals surface area contributed by atoms with E-state index in [-0.39, 0.29) is 25.7 Å². The van der Waals surface area contributed by atoms with Crippen LogP contribution in [0.3, 0.4) is 0 Å². The minimum Gasteiger partial charge on any atom is -0.480 e. The van der Waals surface area contributed by atoms with Crippen LogP contribution in [0.2, 0.25) is 0 Å². The molecule has 0 saturated heterocycles. The quantitative estimate of drug-likeness (QED) is 0.715. The Morgan fingerprint density at radius 2 is 2.04 bits per heavy atom. The first-order chi connectivity index (χ1) is 12.2. The van der Waals surface area contributed by atoms with Crippen LogP contribution in [0.5, 0.6) is 5.75 Å². The Hall–Kier alpha value is -2.86. The van der Waals surface area contributed by atoms with E-state index in [0.717, 1.165) is 11.3 Å². The van der Waals surface area contributed by atoms with E-state index >= 15 is 0 Å².